The molecule has 1 amide bonds. The van der Waals surface area contributed by atoms with Gasteiger partial charge in [-0.15, -0.1) is 0 Å². The Kier molecular flexibility index (Phi) is 6.60. The highest BCUT2D eigenvalue weighted by Gasteiger charge is 2.35. The van der Waals surface area contributed by atoms with Crippen LogP contribution in [-0.2, 0) is 4.74 Å². The first-order valence-electron chi connectivity index (χ1n) is 11.9. The molecule has 0 radical (unpaired) electrons. The number of amides is 1. The highest BCUT2D eigenvalue weighted by Crippen LogP contribution is 2.41. The summed E-state index contributed by atoms with van der Waals surface area (Å²) in [7, 11) is 0. The Morgan fingerprint density at radius 3 is 2.33 bits per heavy atom. The minimum absolute atomic E-state index is 0.207. The molecular formula is C30H35NO2. The molecule has 3 heteroatoms. The first-order valence-corrected chi connectivity index (χ1v) is 11.9. The number of likely N-dealkylation sites (tertiary alicyclic amines) is 1. The van der Waals surface area contributed by atoms with E-state index >= 15 is 0 Å². The van der Waals surface area contributed by atoms with Gasteiger partial charge in [0.05, 0.1) is 0 Å². The maximum Gasteiger partial charge on any atom is 0.410 e. The second-order valence-electron chi connectivity index (χ2n) is 10.3. The van der Waals surface area contributed by atoms with E-state index in [0.717, 1.165) is 6.42 Å². The summed E-state index contributed by atoms with van der Waals surface area (Å²) in [6, 6.07) is 26.2. The number of piperidine rings is 1. The van der Waals surface area contributed by atoms with Crippen molar-refractivity contribution in [3.8, 4) is 11.1 Å². The van der Waals surface area contributed by atoms with Crippen LogP contribution in [0.4, 0.5) is 4.79 Å². The fourth-order valence-electron chi connectivity index (χ4n) is 4.86. The molecule has 0 saturated carbocycles. The molecule has 3 aromatic rings. The summed E-state index contributed by atoms with van der Waals surface area (Å²) in [6.07, 6.45) is 0.700. The zero-order valence-corrected chi connectivity index (χ0v) is 20.5. The molecule has 3 aromatic carbocycles. The summed E-state index contributed by atoms with van der Waals surface area (Å²) in [4.78, 5) is 14.8. The van der Waals surface area contributed by atoms with Crippen LogP contribution < -0.4 is 0 Å². The predicted molar refractivity (Wildman–Crippen MR) is 136 cm³/mol. The molecule has 0 aliphatic carbocycles. The standard InChI is InChI=1S/C30H35NO2/c1-21-14-15-22(2)27(18-21)24-12-9-13-25(19-24)28-20-31(29(32)33-30(3,4)5)17-16-26(28)23-10-7-6-8-11-23/h6-15,18-19,26,28H,16-17,20H2,1-5H3/t26-,28-/m1/s1. The van der Waals surface area contributed by atoms with Gasteiger partial charge in [0.15, 0.2) is 0 Å². The van der Waals surface area contributed by atoms with Crippen LogP contribution in [0.5, 0.6) is 0 Å². The molecule has 1 aliphatic rings. The number of carbonyl (C=O) groups is 1. The van der Waals surface area contributed by atoms with Crippen molar-refractivity contribution in [2.24, 2.45) is 0 Å². The van der Waals surface area contributed by atoms with Gasteiger partial charge in [0.25, 0.3) is 0 Å². The summed E-state index contributed by atoms with van der Waals surface area (Å²) in [5.74, 6) is 0.567. The smallest absolute Gasteiger partial charge is 0.410 e. The molecule has 0 unspecified atom stereocenters. The van der Waals surface area contributed by atoms with Crippen LogP contribution in [0.3, 0.4) is 0 Å². The molecule has 0 spiro atoms. The lowest BCUT2D eigenvalue weighted by Crippen LogP contribution is -2.44. The zero-order valence-electron chi connectivity index (χ0n) is 20.5. The molecular weight excluding hydrogens is 406 g/mol. The third-order valence-electron chi connectivity index (χ3n) is 6.51. The van der Waals surface area contributed by atoms with Gasteiger partial charge in [-0.1, -0.05) is 78.4 Å². The molecule has 0 bridgehead atoms. The number of nitrogens with zero attached hydrogens (tertiary/aromatic N) is 1. The fraction of sp³-hybridized carbons (Fsp3) is 0.367. The third kappa shape index (κ3) is 5.47. The Morgan fingerprint density at radius 2 is 1.61 bits per heavy atom. The van der Waals surface area contributed by atoms with Gasteiger partial charge in [-0.3, -0.25) is 0 Å². The number of aryl methyl sites for hydroxylation is 2. The summed E-state index contributed by atoms with van der Waals surface area (Å²) in [6.45, 7) is 11.4. The third-order valence-corrected chi connectivity index (χ3v) is 6.51. The van der Waals surface area contributed by atoms with Crippen LogP contribution in [0.1, 0.15) is 61.3 Å². The average Bonchev–Trinajstić information content (AvgIpc) is 2.80. The highest BCUT2D eigenvalue weighted by molar-refractivity contribution is 5.70. The Morgan fingerprint density at radius 1 is 0.879 bits per heavy atom. The lowest BCUT2D eigenvalue weighted by molar-refractivity contribution is 0.0184. The Bertz CT molecular complexity index is 1110. The molecule has 0 aromatic heterocycles. The van der Waals surface area contributed by atoms with Crippen molar-refractivity contribution in [2.75, 3.05) is 13.1 Å². The minimum Gasteiger partial charge on any atom is -0.444 e. The van der Waals surface area contributed by atoms with Crippen molar-refractivity contribution in [3.05, 3.63) is 95.1 Å². The van der Waals surface area contributed by atoms with E-state index in [1.54, 1.807) is 0 Å². The number of hydrogen-bond donors (Lipinski definition) is 0. The first-order chi connectivity index (χ1) is 15.7. The maximum atomic E-state index is 12.9. The summed E-state index contributed by atoms with van der Waals surface area (Å²) in [5.41, 5.74) is 7.15. The Labute approximate surface area is 198 Å². The van der Waals surface area contributed by atoms with Crippen molar-refractivity contribution in [3.63, 3.8) is 0 Å². The van der Waals surface area contributed by atoms with Crippen LogP contribution >= 0.6 is 0 Å². The van der Waals surface area contributed by atoms with Gasteiger partial charge in [0.2, 0.25) is 0 Å². The number of rotatable bonds is 3. The molecule has 172 valence electrons. The van der Waals surface area contributed by atoms with Crippen molar-refractivity contribution >= 4 is 6.09 Å². The lowest BCUT2D eigenvalue weighted by Gasteiger charge is -2.39. The van der Waals surface area contributed by atoms with E-state index in [4.69, 9.17) is 4.74 Å². The molecule has 2 atom stereocenters. The number of benzene rings is 3. The zero-order chi connectivity index (χ0) is 23.6. The van der Waals surface area contributed by atoms with Gasteiger partial charge in [-0.05, 0) is 74.8 Å². The summed E-state index contributed by atoms with van der Waals surface area (Å²) < 4.78 is 5.71. The van der Waals surface area contributed by atoms with E-state index in [1.165, 1.54) is 33.4 Å². The SMILES string of the molecule is Cc1ccc(C)c(-c2cccc([C@H]3CN(C(=O)OC(C)(C)C)CC[C@@H]3c3ccccc3)c2)c1. The second kappa shape index (κ2) is 9.43. The van der Waals surface area contributed by atoms with Gasteiger partial charge in [0, 0.05) is 19.0 Å². The number of hydrogen-bond acceptors (Lipinski definition) is 2. The van der Waals surface area contributed by atoms with E-state index in [-0.39, 0.29) is 12.0 Å². The topological polar surface area (TPSA) is 29.5 Å². The van der Waals surface area contributed by atoms with Gasteiger partial charge in [0.1, 0.15) is 5.60 Å². The molecule has 1 fully saturated rings. The van der Waals surface area contributed by atoms with Gasteiger partial charge >= 0.3 is 6.09 Å². The number of carbonyl (C=O) groups excluding carboxylic acids is 1. The van der Waals surface area contributed by atoms with Gasteiger partial charge < -0.3 is 9.64 Å². The molecule has 1 heterocycles. The number of ether oxygens (including phenoxy) is 1. The lowest BCUT2D eigenvalue weighted by atomic mass is 9.76. The van der Waals surface area contributed by atoms with Crippen LogP contribution in [0.25, 0.3) is 11.1 Å². The Hall–Kier alpha value is -3.07. The second-order valence-corrected chi connectivity index (χ2v) is 10.3. The summed E-state index contributed by atoms with van der Waals surface area (Å²) >= 11 is 0. The molecule has 0 N–H and O–H groups in total. The van der Waals surface area contributed by atoms with Crippen LogP contribution in [0.15, 0.2) is 72.8 Å². The van der Waals surface area contributed by atoms with Gasteiger partial charge in [-0.2, -0.15) is 0 Å². The van der Waals surface area contributed by atoms with Crippen molar-refractivity contribution < 1.29 is 9.53 Å². The normalized spacial score (nSPS) is 18.8. The van der Waals surface area contributed by atoms with Crippen molar-refractivity contribution in [1.29, 1.82) is 0 Å². The molecule has 4 rings (SSSR count). The quantitative estimate of drug-likeness (QED) is 0.422. The van der Waals surface area contributed by atoms with Crippen LogP contribution in [-0.4, -0.2) is 29.7 Å². The van der Waals surface area contributed by atoms with E-state index < -0.39 is 5.60 Å². The van der Waals surface area contributed by atoms with Crippen molar-refractivity contribution in [2.45, 2.75) is 58.5 Å². The van der Waals surface area contributed by atoms with Crippen molar-refractivity contribution in [1.82, 2.24) is 4.90 Å². The molecule has 3 nitrogen and oxygen atoms in total. The van der Waals surface area contributed by atoms with E-state index in [2.05, 4.69) is 86.6 Å². The molecule has 1 aliphatic heterocycles. The van der Waals surface area contributed by atoms with E-state index in [1.807, 2.05) is 25.7 Å². The van der Waals surface area contributed by atoms with Crippen LogP contribution in [0.2, 0.25) is 0 Å². The average molecular weight is 442 g/mol. The predicted octanol–water partition coefficient (Wildman–Crippen LogP) is 7.48. The Balaban J connectivity index is 1.70. The monoisotopic (exact) mass is 441 g/mol. The maximum absolute atomic E-state index is 12.9. The van der Waals surface area contributed by atoms with E-state index in [0.29, 0.717) is 19.0 Å². The first kappa shape index (κ1) is 23.1. The van der Waals surface area contributed by atoms with E-state index in [9.17, 15) is 4.79 Å². The van der Waals surface area contributed by atoms with Crippen LogP contribution in [0, 0.1) is 13.8 Å². The summed E-state index contributed by atoms with van der Waals surface area (Å²) in [5, 5.41) is 0. The molecule has 1 saturated heterocycles. The van der Waals surface area contributed by atoms with Gasteiger partial charge in [-0.25, -0.2) is 4.79 Å². The largest absolute Gasteiger partial charge is 0.444 e. The minimum atomic E-state index is -0.495. The highest BCUT2D eigenvalue weighted by atomic mass is 16.6. The molecule has 33 heavy (non-hydrogen) atoms. The fourth-order valence-corrected chi connectivity index (χ4v) is 4.86.